The Bertz CT molecular complexity index is 786. The fourth-order valence-corrected chi connectivity index (χ4v) is 4.46. The number of benzene rings is 1. The van der Waals surface area contributed by atoms with E-state index in [0.29, 0.717) is 11.2 Å². The second-order valence-electron chi connectivity index (χ2n) is 6.81. The van der Waals surface area contributed by atoms with Crippen molar-refractivity contribution in [3.8, 4) is 0 Å². The Hall–Kier alpha value is -1.31. The molecule has 1 aliphatic carbocycles. The Morgan fingerprint density at radius 1 is 1.33 bits per heavy atom. The number of anilines is 1. The lowest BCUT2D eigenvalue weighted by atomic mass is 10.2. The van der Waals surface area contributed by atoms with Gasteiger partial charge in [0, 0.05) is 29.7 Å². The van der Waals surface area contributed by atoms with Crippen molar-refractivity contribution in [2.75, 3.05) is 18.1 Å². The highest BCUT2D eigenvalue weighted by Crippen LogP contribution is 2.33. The maximum atomic E-state index is 6.15. The molecule has 0 aliphatic heterocycles. The molecule has 0 amide bonds. The van der Waals surface area contributed by atoms with Crippen LogP contribution in [0.3, 0.4) is 0 Å². The van der Waals surface area contributed by atoms with Gasteiger partial charge < -0.3 is 15.2 Å². The second kappa shape index (κ2) is 9.75. The van der Waals surface area contributed by atoms with E-state index in [2.05, 4.69) is 31.7 Å². The fraction of sp³-hybridized carbons (Fsp3) is 0.526. The number of rotatable bonds is 7. The third-order valence-corrected chi connectivity index (χ3v) is 6.29. The van der Waals surface area contributed by atoms with Gasteiger partial charge in [-0.05, 0) is 62.4 Å². The lowest BCUT2D eigenvalue weighted by Gasteiger charge is -2.16. The molecular formula is C19H26ClN5S2. The van der Waals surface area contributed by atoms with Gasteiger partial charge in [-0.25, -0.2) is 0 Å². The Kier molecular flexibility index (Phi) is 7.38. The normalized spacial score (nSPS) is 14.5. The monoisotopic (exact) mass is 423 g/mol. The van der Waals surface area contributed by atoms with Gasteiger partial charge in [0.1, 0.15) is 5.82 Å². The van der Waals surface area contributed by atoms with E-state index in [4.69, 9.17) is 23.8 Å². The number of thioether (sulfide) groups is 1. The third-order valence-electron chi connectivity index (χ3n) is 4.99. The highest BCUT2D eigenvalue weighted by molar-refractivity contribution is 7.98. The van der Waals surface area contributed by atoms with E-state index in [-0.39, 0.29) is 0 Å². The van der Waals surface area contributed by atoms with Crippen molar-refractivity contribution in [3.05, 3.63) is 34.6 Å². The van der Waals surface area contributed by atoms with E-state index in [1.165, 1.54) is 25.7 Å². The van der Waals surface area contributed by atoms with Gasteiger partial charge in [-0.15, -0.1) is 10.2 Å². The van der Waals surface area contributed by atoms with Crippen LogP contribution in [0.5, 0.6) is 0 Å². The largest absolute Gasteiger partial charge is 0.362 e. The van der Waals surface area contributed by atoms with Crippen LogP contribution in [-0.4, -0.2) is 32.7 Å². The molecule has 1 saturated carbocycles. The van der Waals surface area contributed by atoms with Crippen molar-refractivity contribution in [3.63, 3.8) is 0 Å². The molecule has 0 unspecified atom stereocenters. The van der Waals surface area contributed by atoms with Crippen LogP contribution in [0.1, 0.15) is 49.5 Å². The van der Waals surface area contributed by atoms with Gasteiger partial charge in [-0.3, -0.25) is 0 Å². The van der Waals surface area contributed by atoms with E-state index >= 15 is 0 Å². The second-order valence-corrected chi connectivity index (χ2v) is 8.40. The molecular weight excluding hydrogens is 398 g/mol. The maximum Gasteiger partial charge on any atom is 0.191 e. The number of hydrogen-bond donors (Lipinski definition) is 2. The molecule has 8 heteroatoms. The van der Waals surface area contributed by atoms with Crippen molar-refractivity contribution in [1.29, 1.82) is 0 Å². The Morgan fingerprint density at radius 2 is 2.11 bits per heavy atom. The van der Waals surface area contributed by atoms with Crippen LogP contribution in [0.2, 0.25) is 5.02 Å². The van der Waals surface area contributed by atoms with Crippen LogP contribution in [0.4, 0.5) is 5.69 Å². The summed E-state index contributed by atoms with van der Waals surface area (Å²) in [5.74, 6) is 1.10. The van der Waals surface area contributed by atoms with Crippen molar-refractivity contribution in [2.45, 2.75) is 56.6 Å². The van der Waals surface area contributed by atoms with Gasteiger partial charge in [0.25, 0.3) is 0 Å². The first kappa shape index (κ1) is 20.4. The van der Waals surface area contributed by atoms with E-state index in [1.54, 1.807) is 11.8 Å². The van der Waals surface area contributed by atoms with Crippen molar-refractivity contribution in [1.82, 2.24) is 20.1 Å². The quantitative estimate of drug-likeness (QED) is 0.371. The molecule has 146 valence electrons. The number of aromatic nitrogens is 3. The summed E-state index contributed by atoms with van der Waals surface area (Å²) < 4.78 is 2.36. The van der Waals surface area contributed by atoms with Crippen LogP contribution in [0, 0.1) is 6.92 Å². The first-order valence-electron chi connectivity index (χ1n) is 9.38. The van der Waals surface area contributed by atoms with Gasteiger partial charge >= 0.3 is 0 Å². The first-order valence-corrected chi connectivity index (χ1v) is 11.4. The molecule has 1 aromatic carbocycles. The summed E-state index contributed by atoms with van der Waals surface area (Å²) >= 11 is 13.2. The first-order chi connectivity index (χ1) is 13.1. The molecule has 5 nitrogen and oxygen atoms in total. The molecule has 3 rings (SSSR count). The Balaban J connectivity index is 1.49. The molecule has 2 N–H and O–H groups in total. The predicted octanol–water partition coefficient (Wildman–Crippen LogP) is 5.00. The smallest absolute Gasteiger partial charge is 0.191 e. The van der Waals surface area contributed by atoms with Crippen molar-refractivity contribution >= 4 is 46.4 Å². The van der Waals surface area contributed by atoms with Crippen LogP contribution in [-0.2, 0) is 6.42 Å². The summed E-state index contributed by atoms with van der Waals surface area (Å²) in [5.41, 5.74) is 1.93. The zero-order valence-electron chi connectivity index (χ0n) is 15.8. The minimum absolute atomic E-state index is 0.568. The summed E-state index contributed by atoms with van der Waals surface area (Å²) in [5, 5.41) is 17.7. The lowest BCUT2D eigenvalue weighted by Crippen LogP contribution is -2.30. The molecule has 1 aromatic heterocycles. The van der Waals surface area contributed by atoms with Crippen LogP contribution in [0.15, 0.2) is 23.4 Å². The highest BCUT2D eigenvalue weighted by atomic mass is 35.5. The van der Waals surface area contributed by atoms with Gasteiger partial charge in [0.2, 0.25) is 0 Å². The highest BCUT2D eigenvalue weighted by Gasteiger charge is 2.23. The average molecular weight is 424 g/mol. The Morgan fingerprint density at radius 3 is 2.85 bits per heavy atom. The molecule has 1 fully saturated rings. The number of hydrogen-bond acceptors (Lipinski definition) is 4. The zero-order chi connectivity index (χ0) is 19.2. The predicted molar refractivity (Wildman–Crippen MR) is 118 cm³/mol. The number of thiocarbonyl (C=S) groups is 1. The maximum absolute atomic E-state index is 6.15. The topological polar surface area (TPSA) is 54.8 Å². The standard InChI is InChI=1S/C19H26ClN5S2/c1-13-15(20)9-5-10-16(13)22-18(26)21-12-6-11-17-23-24-19(27-2)25(17)14-7-3-4-8-14/h5,9-10,14H,3-4,6-8,11-12H2,1-2H3,(H2,21,22,26). The number of nitrogens with one attached hydrogen (secondary N) is 2. The number of nitrogens with zero attached hydrogens (tertiary/aromatic N) is 3. The van der Waals surface area contributed by atoms with E-state index in [0.717, 1.165) is 46.6 Å². The van der Waals surface area contributed by atoms with E-state index in [9.17, 15) is 0 Å². The summed E-state index contributed by atoms with van der Waals surface area (Å²) in [7, 11) is 0. The van der Waals surface area contributed by atoms with Gasteiger partial charge in [-0.1, -0.05) is 42.3 Å². The van der Waals surface area contributed by atoms with E-state index in [1.807, 2.05) is 25.1 Å². The SMILES string of the molecule is CSc1nnc(CCCNC(=S)Nc2cccc(Cl)c2C)n1C1CCCC1. The summed E-state index contributed by atoms with van der Waals surface area (Å²) in [6, 6.07) is 6.34. The van der Waals surface area contributed by atoms with Gasteiger partial charge in [0.15, 0.2) is 10.3 Å². The summed E-state index contributed by atoms with van der Waals surface area (Å²) in [6.07, 6.45) is 9.02. The fourth-order valence-electron chi connectivity index (χ4n) is 3.50. The number of halogens is 1. The van der Waals surface area contributed by atoms with Gasteiger partial charge in [0.05, 0.1) is 0 Å². The Labute approximate surface area is 175 Å². The van der Waals surface area contributed by atoms with Crippen molar-refractivity contribution in [2.24, 2.45) is 0 Å². The molecule has 2 aromatic rings. The zero-order valence-corrected chi connectivity index (χ0v) is 18.2. The molecule has 0 spiro atoms. The summed E-state index contributed by atoms with van der Waals surface area (Å²) in [6.45, 7) is 2.77. The van der Waals surface area contributed by atoms with Crippen LogP contribution < -0.4 is 10.6 Å². The number of aryl methyl sites for hydroxylation is 1. The summed E-state index contributed by atoms with van der Waals surface area (Å²) in [4.78, 5) is 0. The molecule has 0 atom stereocenters. The van der Waals surface area contributed by atoms with E-state index < -0.39 is 0 Å². The minimum atomic E-state index is 0.568. The molecule has 0 saturated heterocycles. The van der Waals surface area contributed by atoms with Crippen LogP contribution >= 0.6 is 35.6 Å². The molecule has 0 radical (unpaired) electrons. The molecule has 0 bridgehead atoms. The van der Waals surface area contributed by atoms with Gasteiger partial charge in [-0.2, -0.15) is 0 Å². The minimum Gasteiger partial charge on any atom is -0.362 e. The molecule has 1 aliphatic rings. The van der Waals surface area contributed by atoms with Crippen LogP contribution in [0.25, 0.3) is 0 Å². The lowest BCUT2D eigenvalue weighted by molar-refractivity contribution is 0.460. The van der Waals surface area contributed by atoms with Crippen molar-refractivity contribution < 1.29 is 0 Å². The molecule has 1 heterocycles. The third kappa shape index (κ3) is 5.15. The molecule has 27 heavy (non-hydrogen) atoms. The average Bonchev–Trinajstić information content (AvgIpc) is 3.31.